The van der Waals surface area contributed by atoms with Gasteiger partial charge in [-0.3, -0.25) is 0 Å². The minimum atomic E-state index is -2.11. The molecule has 0 bridgehead atoms. The van der Waals surface area contributed by atoms with Gasteiger partial charge in [0, 0.05) is 0 Å². The summed E-state index contributed by atoms with van der Waals surface area (Å²) in [5.74, 6) is -3.60. The second-order valence-corrected chi connectivity index (χ2v) is 1.69. The molecule has 0 aromatic heterocycles. The molecule has 0 aromatic rings. The molecule has 10 heavy (non-hydrogen) atoms. The number of hydrogen-bond acceptors (Lipinski definition) is 5. The highest BCUT2D eigenvalue weighted by Crippen LogP contribution is 1.83. The van der Waals surface area contributed by atoms with Crippen LogP contribution >= 0.6 is 0 Å². The maximum Gasteiger partial charge on any atom is 0.156 e. The summed E-state index contributed by atoms with van der Waals surface area (Å²) in [4.78, 5) is 19.6. The number of carbonyl (C=O) groups excluding carboxylic acids is 2. The Morgan fingerprint density at radius 2 is 1.70 bits per heavy atom. The van der Waals surface area contributed by atoms with Gasteiger partial charge in [0.15, 0.2) is 12.1 Å². The van der Waals surface area contributed by atoms with E-state index in [0.29, 0.717) is 0 Å². The number of aliphatic hydroxyl groups is 1. The zero-order valence-corrected chi connectivity index (χ0v) is 4.94. The van der Waals surface area contributed by atoms with Gasteiger partial charge in [0.2, 0.25) is 0 Å². The highest BCUT2D eigenvalue weighted by Gasteiger charge is 2.19. The highest BCUT2D eigenvalue weighted by atomic mass is 16.4. The van der Waals surface area contributed by atoms with Crippen LogP contribution in [0, 0.1) is 0 Å². The average molecular weight is 148 g/mol. The molecular weight excluding hydrogens is 142 g/mol. The zero-order valence-electron chi connectivity index (χ0n) is 4.94. The Kier molecular flexibility index (Phi) is 2.78. The van der Waals surface area contributed by atoms with Crippen molar-refractivity contribution in [3.63, 3.8) is 0 Å². The second kappa shape index (κ2) is 3.14. The molecule has 0 aliphatic rings. The number of aliphatic carboxylic acids is 2. The van der Waals surface area contributed by atoms with Gasteiger partial charge in [-0.1, -0.05) is 0 Å². The van der Waals surface area contributed by atoms with E-state index in [9.17, 15) is 19.8 Å². The van der Waals surface area contributed by atoms with Gasteiger partial charge in [-0.05, 0) is 0 Å². The van der Waals surface area contributed by atoms with Crippen molar-refractivity contribution in [1.29, 1.82) is 0 Å². The summed E-state index contributed by atoms with van der Waals surface area (Å²) in [6.07, 6.45) is -2.11. The summed E-state index contributed by atoms with van der Waals surface area (Å²) in [6.45, 7) is 0. The molecule has 6 nitrogen and oxygen atoms in total. The van der Waals surface area contributed by atoms with Crippen LogP contribution < -0.4 is 15.9 Å². The monoisotopic (exact) mass is 148 g/mol. The minimum Gasteiger partial charge on any atom is -0.547 e. The Labute approximate surface area is 55.9 Å². The molecule has 0 amide bonds. The van der Waals surface area contributed by atoms with Gasteiger partial charge in [-0.25, -0.2) is 0 Å². The van der Waals surface area contributed by atoms with E-state index in [-0.39, 0.29) is 0 Å². The lowest BCUT2D eigenvalue weighted by Crippen LogP contribution is -2.75. The van der Waals surface area contributed by atoms with E-state index in [4.69, 9.17) is 5.11 Å². The number of carboxylic acids is 2. The van der Waals surface area contributed by atoms with Gasteiger partial charge >= 0.3 is 0 Å². The van der Waals surface area contributed by atoms with E-state index in [1.54, 1.807) is 0 Å². The molecule has 0 saturated heterocycles. The molecule has 2 unspecified atom stereocenters. The predicted octanol–water partition coefficient (Wildman–Crippen LogP) is -5.54. The van der Waals surface area contributed by atoms with E-state index < -0.39 is 24.1 Å². The maximum atomic E-state index is 9.82. The van der Waals surface area contributed by atoms with E-state index in [1.807, 2.05) is 0 Å². The van der Waals surface area contributed by atoms with Gasteiger partial charge in [-0.2, -0.15) is 0 Å². The molecule has 6 heteroatoms. The molecule has 2 atom stereocenters. The van der Waals surface area contributed by atoms with E-state index in [1.165, 1.54) is 0 Å². The van der Waals surface area contributed by atoms with Crippen molar-refractivity contribution in [2.75, 3.05) is 0 Å². The quantitative estimate of drug-likeness (QED) is 0.412. The first-order valence-electron chi connectivity index (χ1n) is 2.39. The molecule has 0 aromatic carbocycles. The smallest absolute Gasteiger partial charge is 0.156 e. The van der Waals surface area contributed by atoms with E-state index in [2.05, 4.69) is 5.73 Å². The van der Waals surface area contributed by atoms with Crippen molar-refractivity contribution < 1.29 is 30.6 Å². The lowest BCUT2D eigenvalue weighted by Gasteiger charge is -2.16. The molecular formula is C4H6NO5-. The molecule has 4 N–H and O–H groups in total. The number of quaternary nitrogens is 1. The summed E-state index contributed by atoms with van der Waals surface area (Å²) in [5.41, 5.74) is 2.83. The maximum absolute atomic E-state index is 9.82. The molecule has 0 radical (unpaired) electrons. The van der Waals surface area contributed by atoms with Crippen LogP contribution in [0.4, 0.5) is 0 Å². The van der Waals surface area contributed by atoms with Crippen LogP contribution in [0.15, 0.2) is 0 Å². The first-order valence-corrected chi connectivity index (χ1v) is 2.39. The van der Waals surface area contributed by atoms with Crippen LogP contribution in [0.1, 0.15) is 0 Å². The Bertz CT molecular complexity index is 138. The number of rotatable bonds is 3. The number of carboxylic acid groups (broad SMARTS) is 2. The highest BCUT2D eigenvalue weighted by molar-refractivity contribution is 5.80. The van der Waals surface area contributed by atoms with Crippen LogP contribution in [0.3, 0.4) is 0 Å². The van der Waals surface area contributed by atoms with E-state index in [0.717, 1.165) is 0 Å². The largest absolute Gasteiger partial charge is 0.547 e. The summed E-state index contributed by atoms with van der Waals surface area (Å²) in [5, 5.41) is 28.0. The summed E-state index contributed by atoms with van der Waals surface area (Å²) < 4.78 is 0. The molecule has 0 aliphatic heterocycles. The first kappa shape index (κ1) is 8.86. The molecule has 0 rings (SSSR count). The van der Waals surface area contributed by atoms with Gasteiger partial charge in [-0.15, -0.1) is 0 Å². The third kappa shape index (κ3) is 2.00. The molecule has 0 spiro atoms. The lowest BCUT2D eigenvalue weighted by atomic mass is 10.2. The molecule has 0 saturated carbocycles. The van der Waals surface area contributed by atoms with Crippen LogP contribution in [0.5, 0.6) is 0 Å². The van der Waals surface area contributed by atoms with Crippen molar-refractivity contribution in [3.8, 4) is 0 Å². The topological polar surface area (TPSA) is 128 Å². The molecule has 0 heterocycles. The van der Waals surface area contributed by atoms with Gasteiger partial charge in [0.25, 0.3) is 0 Å². The second-order valence-electron chi connectivity index (χ2n) is 1.69. The van der Waals surface area contributed by atoms with Gasteiger partial charge in [0.1, 0.15) is 5.97 Å². The van der Waals surface area contributed by atoms with Crippen LogP contribution in [-0.2, 0) is 9.59 Å². The minimum absolute atomic E-state index is 1.69. The third-order valence-corrected chi connectivity index (χ3v) is 0.925. The van der Waals surface area contributed by atoms with Crippen molar-refractivity contribution in [1.82, 2.24) is 0 Å². The van der Waals surface area contributed by atoms with Crippen molar-refractivity contribution in [2.24, 2.45) is 0 Å². The van der Waals surface area contributed by atoms with Crippen molar-refractivity contribution >= 4 is 11.9 Å². The molecule has 58 valence electrons. The number of aliphatic hydroxyl groups excluding tert-OH is 1. The molecule has 0 fully saturated rings. The normalized spacial score (nSPS) is 15.8. The average Bonchev–Trinajstić information content (AvgIpc) is 1.84. The Balaban J connectivity index is 4.07. The first-order chi connectivity index (χ1) is 4.46. The fourth-order valence-corrected chi connectivity index (χ4v) is 0.293. The number of hydrogen-bond donors (Lipinski definition) is 2. The summed E-state index contributed by atoms with van der Waals surface area (Å²) in [6, 6.07) is -1.69. The number of carbonyl (C=O) groups is 2. The SMILES string of the molecule is [NH3+]C(C(=O)[O-])C(O)C(=O)[O-]. The Hall–Kier alpha value is -1.14. The van der Waals surface area contributed by atoms with Crippen LogP contribution in [0.2, 0.25) is 0 Å². The third-order valence-electron chi connectivity index (χ3n) is 0.925. The van der Waals surface area contributed by atoms with Crippen LogP contribution in [-0.4, -0.2) is 29.2 Å². The van der Waals surface area contributed by atoms with Crippen LogP contribution in [0.25, 0.3) is 0 Å². The zero-order chi connectivity index (χ0) is 8.31. The van der Waals surface area contributed by atoms with Gasteiger partial charge in [0.05, 0.1) is 5.97 Å². The predicted molar refractivity (Wildman–Crippen MR) is 22.7 cm³/mol. The fourth-order valence-electron chi connectivity index (χ4n) is 0.293. The summed E-state index contributed by atoms with van der Waals surface area (Å²) in [7, 11) is 0. The van der Waals surface area contributed by atoms with Crippen molar-refractivity contribution in [2.45, 2.75) is 12.1 Å². The van der Waals surface area contributed by atoms with E-state index >= 15 is 0 Å². The summed E-state index contributed by atoms with van der Waals surface area (Å²) >= 11 is 0. The Morgan fingerprint density at radius 1 is 1.30 bits per heavy atom. The standard InChI is InChI=1S/C4H7NO5/c5-1(3(7)8)2(6)4(9)10/h1-2,6H,5H2,(H,7,8)(H,9,10)/p-1. The van der Waals surface area contributed by atoms with Crippen molar-refractivity contribution in [3.05, 3.63) is 0 Å². The fraction of sp³-hybridized carbons (Fsp3) is 0.500. The Morgan fingerprint density at radius 3 is 1.80 bits per heavy atom. The molecule has 0 aliphatic carbocycles. The van der Waals surface area contributed by atoms with Gasteiger partial charge < -0.3 is 30.6 Å². The lowest BCUT2D eigenvalue weighted by molar-refractivity contribution is -0.454.